The van der Waals surface area contributed by atoms with Gasteiger partial charge in [0.25, 0.3) is 5.56 Å². The molecule has 4 aromatic rings. The van der Waals surface area contributed by atoms with E-state index in [1.807, 2.05) is 37.3 Å². The van der Waals surface area contributed by atoms with Crippen LogP contribution in [0.25, 0.3) is 27.5 Å². The number of aromatic nitrogens is 3. The van der Waals surface area contributed by atoms with Crippen molar-refractivity contribution in [3.8, 4) is 11.4 Å². The van der Waals surface area contributed by atoms with Gasteiger partial charge in [-0.15, -0.1) is 0 Å². The molecule has 0 saturated heterocycles. The van der Waals surface area contributed by atoms with Crippen molar-refractivity contribution in [1.82, 2.24) is 14.5 Å². The number of unbranched alkanes of at least 4 members (excludes halogenated alkanes) is 2. The summed E-state index contributed by atoms with van der Waals surface area (Å²) in [6, 6.07) is 12.8. The van der Waals surface area contributed by atoms with E-state index in [0.717, 1.165) is 29.4 Å². The third kappa shape index (κ3) is 3.53. The molecule has 29 heavy (non-hydrogen) atoms. The van der Waals surface area contributed by atoms with Crippen LogP contribution < -0.4 is 16.0 Å². The SMILES string of the molecule is CCCCCOc1cccc2c1ncc1c(=O)n(-c3cccc(C)c3)c(=O)[nH]c12. The second-order valence-corrected chi connectivity index (χ2v) is 7.16. The van der Waals surface area contributed by atoms with E-state index in [4.69, 9.17) is 4.74 Å². The molecule has 0 unspecified atom stereocenters. The lowest BCUT2D eigenvalue weighted by Gasteiger charge is -2.11. The first-order valence-corrected chi connectivity index (χ1v) is 9.86. The van der Waals surface area contributed by atoms with Crippen LogP contribution in [0.2, 0.25) is 0 Å². The molecule has 0 fully saturated rings. The van der Waals surface area contributed by atoms with Crippen LogP contribution in [0.1, 0.15) is 31.7 Å². The maximum absolute atomic E-state index is 13.1. The number of fused-ring (bicyclic) bond motifs is 3. The Bertz CT molecular complexity index is 1300. The first-order valence-electron chi connectivity index (χ1n) is 9.86. The van der Waals surface area contributed by atoms with Crippen LogP contribution in [0.5, 0.6) is 5.75 Å². The Balaban J connectivity index is 1.88. The van der Waals surface area contributed by atoms with E-state index < -0.39 is 11.2 Å². The van der Waals surface area contributed by atoms with Gasteiger partial charge in [-0.3, -0.25) is 9.78 Å². The number of ether oxygens (including phenoxy) is 1. The number of rotatable bonds is 6. The Morgan fingerprint density at radius 1 is 1.07 bits per heavy atom. The fourth-order valence-electron chi connectivity index (χ4n) is 3.52. The van der Waals surface area contributed by atoms with Crippen molar-refractivity contribution in [3.05, 3.63) is 75.1 Å². The molecule has 0 saturated carbocycles. The quantitative estimate of drug-likeness (QED) is 0.398. The molecule has 4 rings (SSSR count). The molecule has 0 radical (unpaired) electrons. The molecule has 1 N–H and O–H groups in total. The molecule has 2 aromatic heterocycles. The molecular formula is C23H23N3O3. The summed E-state index contributed by atoms with van der Waals surface area (Å²) in [5.74, 6) is 0.657. The first kappa shape index (κ1) is 18.9. The molecule has 0 bridgehead atoms. The van der Waals surface area contributed by atoms with Gasteiger partial charge in [-0.2, -0.15) is 0 Å². The van der Waals surface area contributed by atoms with E-state index in [2.05, 4.69) is 16.9 Å². The largest absolute Gasteiger partial charge is 0.491 e. The number of nitrogens with one attached hydrogen (secondary N) is 1. The number of hydrogen-bond donors (Lipinski definition) is 1. The second-order valence-electron chi connectivity index (χ2n) is 7.16. The summed E-state index contributed by atoms with van der Waals surface area (Å²) >= 11 is 0. The zero-order chi connectivity index (χ0) is 20.4. The third-order valence-electron chi connectivity index (χ3n) is 4.99. The number of nitrogens with zero attached hydrogens (tertiary/aromatic N) is 2. The number of hydrogen-bond acceptors (Lipinski definition) is 4. The zero-order valence-electron chi connectivity index (χ0n) is 16.6. The summed E-state index contributed by atoms with van der Waals surface area (Å²) in [6.45, 7) is 4.67. The van der Waals surface area contributed by atoms with E-state index in [1.54, 1.807) is 12.1 Å². The molecule has 0 atom stereocenters. The van der Waals surface area contributed by atoms with Crippen LogP contribution in [0.15, 0.2) is 58.3 Å². The van der Waals surface area contributed by atoms with Crippen LogP contribution in [0.4, 0.5) is 0 Å². The van der Waals surface area contributed by atoms with Crippen molar-refractivity contribution in [2.45, 2.75) is 33.1 Å². The minimum Gasteiger partial charge on any atom is -0.491 e. The summed E-state index contributed by atoms with van der Waals surface area (Å²) < 4.78 is 7.05. The van der Waals surface area contributed by atoms with E-state index in [-0.39, 0.29) is 0 Å². The van der Waals surface area contributed by atoms with Gasteiger partial charge in [-0.25, -0.2) is 9.36 Å². The van der Waals surface area contributed by atoms with Crippen molar-refractivity contribution < 1.29 is 4.74 Å². The van der Waals surface area contributed by atoms with Crippen LogP contribution in [-0.4, -0.2) is 21.1 Å². The third-order valence-corrected chi connectivity index (χ3v) is 4.99. The van der Waals surface area contributed by atoms with Crippen LogP contribution in [-0.2, 0) is 0 Å². The van der Waals surface area contributed by atoms with Crippen LogP contribution in [0.3, 0.4) is 0 Å². The monoisotopic (exact) mass is 389 g/mol. The Hall–Kier alpha value is -3.41. The highest BCUT2D eigenvalue weighted by Gasteiger charge is 2.14. The predicted molar refractivity (Wildman–Crippen MR) is 115 cm³/mol. The number of benzene rings is 2. The number of para-hydroxylation sites is 1. The number of aryl methyl sites for hydroxylation is 1. The predicted octanol–water partition coefficient (Wildman–Crippen LogP) is 4.10. The number of aromatic amines is 1. The van der Waals surface area contributed by atoms with E-state index >= 15 is 0 Å². The Kier molecular flexibility index (Phi) is 5.16. The molecule has 2 aromatic carbocycles. The lowest BCUT2D eigenvalue weighted by molar-refractivity contribution is 0.309. The molecule has 2 heterocycles. The molecule has 0 aliphatic rings. The van der Waals surface area contributed by atoms with Gasteiger partial charge >= 0.3 is 5.69 Å². The molecule has 6 heteroatoms. The molecule has 0 amide bonds. The van der Waals surface area contributed by atoms with Crippen molar-refractivity contribution in [2.24, 2.45) is 0 Å². The second kappa shape index (κ2) is 7.91. The molecule has 0 aliphatic carbocycles. The molecule has 148 valence electrons. The van der Waals surface area contributed by atoms with Gasteiger partial charge in [-0.05, 0) is 37.1 Å². The average Bonchev–Trinajstić information content (AvgIpc) is 2.71. The Morgan fingerprint density at radius 2 is 1.90 bits per heavy atom. The van der Waals surface area contributed by atoms with E-state index in [1.165, 1.54) is 6.20 Å². The van der Waals surface area contributed by atoms with Crippen molar-refractivity contribution >= 4 is 21.8 Å². The van der Waals surface area contributed by atoms with Crippen molar-refractivity contribution in [2.75, 3.05) is 6.61 Å². The Labute approximate surface area is 167 Å². The normalized spacial score (nSPS) is 11.2. The van der Waals surface area contributed by atoms with Gasteiger partial charge in [0.2, 0.25) is 0 Å². The van der Waals surface area contributed by atoms with Gasteiger partial charge in [0.15, 0.2) is 0 Å². The smallest absolute Gasteiger partial charge is 0.333 e. The van der Waals surface area contributed by atoms with Crippen LogP contribution in [0, 0.1) is 6.92 Å². The highest BCUT2D eigenvalue weighted by Crippen LogP contribution is 2.27. The highest BCUT2D eigenvalue weighted by atomic mass is 16.5. The molecule has 0 spiro atoms. The van der Waals surface area contributed by atoms with Gasteiger partial charge in [0, 0.05) is 11.6 Å². The number of H-pyrrole nitrogens is 1. The fourth-order valence-corrected chi connectivity index (χ4v) is 3.52. The molecular weight excluding hydrogens is 366 g/mol. The summed E-state index contributed by atoms with van der Waals surface area (Å²) in [5, 5.41) is 1.06. The van der Waals surface area contributed by atoms with Crippen molar-refractivity contribution in [1.29, 1.82) is 0 Å². The Morgan fingerprint density at radius 3 is 2.69 bits per heavy atom. The lowest BCUT2D eigenvalue weighted by atomic mass is 10.1. The summed E-state index contributed by atoms with van der Waals surface area (Å²) in [6.07, 6.45) is 4.71. The minimum atomic E-state index is -0.477. The first-order chi connectivity index (χ1) is 14.1. The maximum atomic E-state index is 13.1. The average molecular weight is 389 g/mol. The fraction of sp³-hybridized carbons (Fsp3) is 0.261. The summed E-state index contributed by atoms with van der Waals surface area (Å²) in [4.78, 5) is 33.3. The van der Waals surface area contributed by atoms with Crippen molar-refractivity contribution in [3.63, 3.8) is 0 Å². The topological polar surface area (TPSA) is 77.0 Å². The minimum absolute atomic E-state index is 0.363. The van der Waals surface area contributed by atoms with Gasteiger partial charge in [0.05, 0.1) is 23.2 Å². The van der Waals surface area contributed by atoms with Gasteiger partial charge in [0.1, 0.15) is 11.3 Å². The summed E-state index contributed by atoms with van der Waals surface area (Å²) in [7, 11) is 0. The standard InChI is InChI=1S/C23H23N3O3/c1-3-4-5-12-29-19-11-7-10-17-20-18(14-24-21(17)19)22(27)26(23(28)25-20)16-9-6-8-15(2)13-16/h6-11,13-14H,3-5,12H2,1-2H3,(H,25,28). The highest BCUT2D eigenvalue weighted by molar-refractivity contribution is 6.04. The molecule has 6 nitrogen and oxygen atoms in total. The van der Waals surface area contributed by atoms with E-state index in [0.29, 0.717) is 39.8 Å². The van der Waals surface area contributed by atoms with Gasteiger partial charge in [-0.1, -0.05) is 44.0 Å². The van der Waals surface area contributed by atoms with Crippen LogP contribution >= 0.6 is 0 Å². The molecule has 0 aliphatic heterocycles. The lowest BCUT2D eigenvalue weighted by Crippen LogP contribution is -2.33. The summed E-state index contributed by atoms with van der Waals surface area (Å²) in [5.41, 5.74) is 1.75. The zero-order valence-corrected chi connectivity index (χ0v) is 16.6. The number of pyridine rings is 1. The van der Waals surface area contributed by atoms with E-state index in [9.17, 15) is 9.59 Å². The maximum Gasteiger partial charge on any atom is 0.333 e. The van der Waals surface area contributed by atoms with Gasteiger partial charge < -0.3 is 9.72 Å².